The Kier molecular flexibility index (Phi) is 2.18. The lowest BCUT2D eigenvalue weighted by Crippen LogP contribution is -2.25. The Morgan fingerprint density at radius 1 is 1.19 bits per heavy atom. The molecule has 0 aliphatic carbocycles. The van der Waals surface area contributed by atoms with Crippen molar-refractivity contribution in [3.8, 4) is 0 Å². The molecule has 3 rings (SSSR count). The number of benzene rings is 1. The fourth-order valence-corrected chi connectivity index (χ4v) is 2.17. The van der Waals surface area contributed by atoms with Crippen molar-refractivity contribution in [2.75, 3.05) is 13.1 Å². The van der Waals surface area contributed by atoms with Crippen LogP contribution in [0.15, 0.2) is 40.9 Å². The van der Waals surface area contributed by atoms with Crippen molar-refractivity contribution in [2.24, 2.45) is 4.99 Å². The zero-order chi connectivity index (χ0) is 11.0. The van der Waals surface area contributed by atoms with Crippen molar-refractivity contribution < 1.29 is 4.79 Å². The summed E-state index contributed by atoms with van der Waals surface area (Å²) in [5, 5.41) is 3.30. The number of carbonyl (C=O) groups is 1. The van der Waals surface area contributed by atoms with Crippen molar-refractivity contribution >= 4 is 11.6 Å². The van der Waals surface area contributed by atoms with Crippen LogP contribution in [0.2, 0.25) is 0 Å². The van der Waals surface area contributed by atoms with Gasteiger partial charge in [-0.15, -0.1) is 0 Å². The van der Waals surface area contributed by atoms with E-state index >= 15 is 0 Å². The second kappa shape index (κ2) is 3.68. The third-order valence-electron chi connectivity index (χ3n) is 2.96. The van der Waals surface area contributed by atoms with Crippen LogP contribution in [0.5, 0.6) is 0 Å². The van der Waals surface area contributed by atoms with E-state index in [4.69, 9.17) is 0 Å². The molecule has 1 N–H and O–H groups in total. The summed E-state index contributed by atoms with van der Waals surface area (Å²) in [5.74, 6) is -0.114. The first-order chi connectivity index (χ1) is 7.86. The lowest BCUT2D eigenvalue weighted by molar-refractivity contribution is 0.101. The summed E-state index contributed by atoms with van der Waals surface area (Å²) < 4.78 is 0. The van der Waals surface area contributed by atoms with Crippen molar-refractivity contribution in [1.29, 1.82) is 0 Å². The standard InChI is InChI=1S/C13H12N2O/c16-13-11-6-2-1-5-10(11)12(15-13)9-4-3-7-14-8-9/h1-2,4-6,14H,3,7-8H2. The molecule has 0 aromatic heterocycles. The normalized spacial score (nSPS) is 19.1. The molecule has 0 bridgehead atoms. The van der Waals surface area contributed by atoms with Crippen LogP contribution in [-0.4, -0.2) is 24.7 Å². The van der Waals surface area contributed by atoms with Gasteiger partial charge < -0.3 is 5.32 Å². The summed E-state index contributed by atoms with van der Waals surface area (Å²) in [4.78, 5) is 15.8. The number of carbonyl (C=O) groups excluding carboxylic acids is 1. The van der Waals surface area contributed by atoms with Crippen LogP contribution in [0, 0.1) is 0 Å². The van der Waals surface area contributed by atoms with Gasteiger partial charge in [0.05, 0.1) is 11.3 Å². The molecule has 3 heteroatoms. The zero-order valence-corrected chi connectivity index (χ0v) is 8.86. The highest BCUT2D eigenvalue weighted by Gasteiger charge is 2.25. The first kappa shape index (κ1) is 9.48. The number of aliphatic imine (C=N–C) groups is 1. The van der Waals surface area contributed by atoms with Gasteiger partial charge in [0.25, 0.3) is 5.91 Å². The lowest BCUT2D eigenvalue weighted by Gasteiger charge is -2.14. The molecule has 2 heterocycles. The number of amides is 1. The van der Waals surface area contributed by atoms with E-state index in [1.807, 2.05) is 24.3 Å². The van der Waals surface area contributed by atoms with E-state index in [2.05, 4.69) is 16.4 Å². The SMILES string of the molecule is O=C1N=C(C2=CCCNC2)c2ccccc21. The number of rotatable bonds is 1. The van der Waals surface area contributed by atoms with Crippen molar-refractivity contribution in [3.63, 3.8) is 0 Å². The Bertz CT molecular complexity index is 514. The molecule has 1 aromatic rings. The molecule has 16 heavy (non-hydrogen) atoms. The summed E-state index contributed by atoms with van der Waals surface area (Å²) in [6, 6.07) is 7.63. The second-order valence-corrected chi connectivity index (χ2v) is 4.01. The first-order valence-corrected chi connectivity index (χ1v) is 5.49. The molecule has 1 aromatic carbocycles. The van der Waals surface area contributed by atoms with Gasteiger partial charge in [-0.1, -0.05) is 24.3 Å². The van der Waals surface area contributed by atoms with Crippen molar-refractivity contribution in [1.82, 2.24) is 5.32 Å². The molecular weight excluding hydrogens is 200 g/mol. The van der Waals surface area contributed by atoms with Gasteiger partial charge in [-0.2, -0.15) is 0 Å². The monoisotopic (exact) mass is 212 g/mol. The Balaban J connectivity index is 2.07. The molecule has 80 valence electrons. The Morgan fingerprint density at radius 3 is 2.75 bits per heavy atom. The minimum Gasteiger partial charge on any atom is -0.312 e. The number of hydrogen-bond acceptors (Lipinski definition) is 2. The quantitative estimate of drug-likeness (QED) is 0.767. The van der Waals surface area contributed by atoms with Gasteiger partial charge in [0.15, 0.2) is 0 Å². The molecule has 0 atom stereocenters. The number of nitrogens with one attached hydrogen (secondary N) is 1. The summed E-state index contributed by atoms with van der Waals surface area (Å²) in [5.41, 5.74) is 3.70. The highest BCUT2D eigenvalue weighted by molar-refractivity contribution is 6.27. The first-order valence-electron chi connectivity index (χ1n) is 5.49. The number of hydrogen-bond donors (Lipinski definition) is 1. The second-order valence-electron chi connectivity index (χ2n) is 4.01. The van der Waals surface area contributed by atoms with Crippen LogP contribution in [0.3, 0.4) is 0 Å². The van der Waals surface area contributed by atoms with Gasteiger partial charge in [0, 0.05) is 12.1 Å². The van der Waals surface area contributed by atoms with Crippen molar-refractivity contribution in [3.05, 3.63) is 47.0 Å². The predicted octanol–water partition coefficient (Wildman–Crippen LogP) is 1.55. The van der Waals surface area contributed by atoms with Gasteiger partial charge in [-0.25, -0.2) is 4.99 Å². The highest BCUT2D eigenvalue weighted by atomic mass is 16.1. The van der Waals surface area contributed by atoms with E-state index in [0.29, 0.717) is 0 Å². The summed E-state index contributed by atoms with van der Waals surface area (Å²) in [6.45, 7) is 1.81. The molecule has 0 fully saturated rings. The molecule has 3 nitrogen and oxygen atoms in total. The predicted molar refractivity (Wildman–Crippen MR) is 62.9 cm³/mol. The highest BCUT2D eigenvalue weighted by Crippen LogP contribution is 2.23. The fraction of sp³-hybridized carbons (Fsp3) is 0.231. The topological polar surface area (TPSA) is 41.5 Å². The fourth-order valence-electron chi connectivity index (χ4n) is 2.17. The van der Waals surface area contributed by atoms with Crippen molar-refractivity contribution in [2.45, 2.75) is 6.42 Å². The molecule has 0 saturated carbocycles. The smallest absolute Gasteiger partial charge is 0.278 e. The maximum atomic E-state index is 11.7. The third kappa shape index (κ3) is 1.41. The van der Waals surface area contributed by atoms with E-state index in [1.165, 1.54) is 0 Å². The van der Waals surface area contributed by atoms with Gasteiger partial charge >= 0.3 is 0 Å². The largest absolute Gasteiger partial charge is 0.312 e. The summed E-state index contributed by atoms with van der Waals surface area (Å²) in [6.07, 6.45) is 3.18. The molecule has 0 spiro atoms. The van der Waals surface area contributed by atoms with E-state index in [9.17, 15) is 4.79 Å². The average Bonchev–Trinajstić information content (AvgIpc) is 2.69. The third-order valence-corrected chi connectivity index (χ3v) is 2.96. The Labute approximate surface area is 93.9 Å². The number of fused-ring (bicyclic) bond motifs is 1. The van der Waals surface area contributed by atoms with Crippen LogP contribution in [0.1, 0.15) is 22.3 Å². The summed E-state index contributed by atoms with van der Waals surface area (Å²) in [7, 11) is 0. The minimum absolute atomic E-state index is 0.114. The Morgan fingerprint density at radius 2 is 2.00 bits per heavy atom. The Hall–Kier alpha value is -1.74. The van der Waals surface area contributed by atoms with Gasteiger partial charge in [-0.05, 0) is 24.6 Å². The lowest BCUT2D eigenvalue weighted by atomic mass is 9.98. The van der Waals surface area contributed by atoms with E-state index in [-0.39, 0.29) is 5.91 Å². The average molecular weight is 212 g/mol. The molecule has 1 amide bonds. The molecule has 2 aliphatic rings. The molecular formula is C13H12N2O. The van der Waals surface area contributed by atoms with Gasteiger partial charge in [0.1, 0.15) is 0 Å². The molecule has 0 unspecified atom stereocenters. The minimum atomic E-state index is -0.114. The zero-order valence-electron chi connectivity index (χ0n) is 8.86. The van der Waals surface area contributed by atoms with Crippen LogP contribution in [-0.2, 0) is 0 Å². The van der Waals surface area contributed by atoms with E-state index < -0.39 is 0 Å². The molecule has 0 radical (unpaired) electrons. The van der Waals surface area contributed by atoms with Gasteiger partial charge in [0.2, 0.25) is 0 Å². The molecule has 0 saturated heterocycles. The van der Waals surface area contributed by atoms with E-state index in [1.54, 1.807) is 0 Å². The number of nitrogens with zero attached hydrogens (tertiary/aromatic N) is 1. The van der Waals surface area contributed by atoms with Crippen LogP contribution in [0.4, 0.5) is 0 Å². The molecule has 2 aliphatic heterocycles. The maximum Gasteiger partial charge on any atom is 0.278 e. The summed E-state index contributed by atoms with van der Waals surface area (Å²) >= 11 is 0. The van der Waals surface area contributed by atoms with Crippen LogP contribution < -0.4 is 5.32 Å². The van der Waals surface area contributed by atoms with Crippen LogP contribution >= 0.6 is 0 Å². The van der Waals surface area contributed by atoms with Gasteiger partial charge in [-0.3, -0.25) is 4.79 Å². The van der Waals surface area contributed by atoms with E-state index in [0.717, 1.165) is 41.9 Å². The maximum absolute atomic E-state index is 11.7. The van der Waals surface area contributed by atoms with Crippen LogP contribution in [0.25, 0.3) is 0 Å².